The van der Waals surface area contributed by atoms with E-state index >= 15 is 0 Å². The Balaban J connectivity index is 2.85. The summed E-state index contributed by atoms with van der Waals surface area (Å²) in [6.07, 6.45) is 0. The predicted molar refractivity (Wildman–Crippen MR) is 80.6 cm³/mol. The molecule has 0 fully saturated rings. The number of nitrogens with zero attached hydrogens (tertiary/aromatic N) is 1. The molecule has 0 aliphatic heterocycles. The van der Waals surface area contributed by atoms with Gasteiger partial charge >= 0.3 is 0 Å². The Kier molecular flexibility index (Phi) is 5.28. The lowest BCUT2D eigenvalue weighted by Crippen LogP contribution is -2.42. The van der Waals surface area contributed by atoms with E-state index in [2.05, 4.69) is 0 Å². The molecule has 1 aromatic heterocycles. The molecule has 1 heterocycles. The van der Waals surface area contributed by atoms with Crippen molar-refractivity contribution in [3.8, 4) is 0 Å². The van der Waals surface area contributed by atoms with Crippen LogP contribution in [0.25, 0.3) is 0 Å². The minimum Gasteiger partial charge on any atom is -0.393 e. The summed E-state index contributed by atoms with van der Waals surface area (Å²) in [5.74, 6) is -0.265. The summed E-state index contributed by atoms with van der Waals surface area (Å²) < 4.78 is 0. The van der Waals surface area contributed by atoms with Gasteiger partial charge in [-0.05, 0) is 24.3 Å². The van der Waals surface area contributed by atoms with Crippen molar-refractivity contribution in [3.63, 3.8) is 0 Å². The molecule has 0 saturated carbocycles. The van der Waals surface area contributed by atoms with Crippen molar-refractivity contribution in [2.75, 3.05) is 7.05 Å². The fraction of sp³-hybridized carbons (Fsp3) is 0.538. The number of thiophene rings is 1. The molecule has 18 heavy (non-hydrogen) atoms. The molecule has 0 radical (unpaired) electrons. The molecular formula is C13H20N2OS2. The fourth-order valence-corrected chi connectivity index (χ4v) is 3.06. The first-order valence-corrected chi connectivity index (χ1v) is 7.24. The summed E-state index contributed by atoms with van der Waals surface area (Å²) in [7, 11) is 1.81. The lowest BCUT2D eigenvalue weighted by atomic mass is 9.94. The van der Waals surface area contributed by atoms with E-state index in [1.54, 1.807) is 23.3 Å². The van der Waals surface area contributed by atoms with Crippen molar-refractivity contribution >= 4 is 34.5 Å². The zero-order valence-electron chi connectivity index (χ0n) is 11.2. The molecule has 0 saturated heterocycles. The van der Waals surface area contributed by atoms with Gasteiger partial charge in [0.15, 0.2) is 0 Å². The maximum Gasteiger partial charge on any atom is 0.233 e. The minimum atomic E-state index is -0.382. The number of amides is 1. The molecular weight excluding hydrogens is 264 g/mol. The van der Waals surface area contributed by atoms with Crippen LogP contribution in [-0.2, 0) is 4.79 Å². The molecule has 5 heteroatoms. The first kappa shape index (κ1) is 15.1. The number of hydrogen-bond donors (Lipinski definition) is 1. The molecule has 100 valence electrons. The molecule has 1 aromatic rings. The van der Waals surface area contributed by atoms with Crippen molar-refractivity contribution < 1.29 is 4.79 Å². The van der Waals surface area contributed by atoms with E-state index in [9.17, 15) is 4.79 Å². The third-order valence-corrected chi connectivity index (χ3v) is 4.42. The molecule has 0 aromatic carbocycles. The summed E-state index contributed by atoms with van der Waals surface area (Å²) in [5.41, 5.74) is 5.68. The Morgan fingerprint density at radius 1 is 1.44 bits per heavy atom. The van der Waals surface area contributed by atoms with Gasteiger partial charge in [0.2, 0.25) is 5.91 Å². The maximum absolute atomic E-state index is 12.4. The first-order chi connectivity index (χ1) is 8.36. The first-order valence-electron chi connectivity index (χ1n) is 5.95. The van der Waals surface area contributed by atoms with E-state index in [0.29, 0.717) is 0 Å². The van der Waals surface area contributed by atoms with Gasteiger partial charge in [0.1, 0.15) is 0 Å². The number of nitrogens with two attached hydrogens (primary N) is 1. The third-order valence-electron chi connectivity index (χ3n) is 3.12. The highest BCUT2D eigenvalue weighted by Crippen LogP contribution is 2.26. The van der Waals surface area contributed by atoms with Gasteiger partial charge in [0.25, 0.3) is 0 Å². The van der Waals surface area contributed by atoms with Crippen molar-refractivity contribution in [2.24, 2.45) is 17.6 Å². The summed E-state index contributed by atoms with van der Waals surface area (Å²) in [4.78, 5) is 15.6. The summed E-state index contributed by atoms with van der Waals surface area (Å²) >= 11 is 6.66. The second kappa shape index (κ2) is 6.29. The van der Waals surface area contributed by atoms with E-state index in [1.165, 1.54) is 0 Å². The average molecular weight is 284 g/mol. The Morgan fingerprint density at radius 3 is 2.44 bits per heavy atom. The Morgan fingerprint density at radius 2 is 2.06 bits per heavy atom. The lowest BCUT2D eigenvalue weighted by molar-refractivity contribution is -0.135. The highest BCUT2D eigenvalue weighted by molar-refractivity contribution is 7.80. The second-order valence-electron chi connectivity index (χ2n) is 4.76. The fourth-order valence-electron chi connectivity index (χ4n) is 1.87. The standard InChI is InChI=1S/C13H20N2OS2/c1-8(2)11(12(14)17)13(16)15(4)9(3)10-6-5-7-18-10/h5-9,11H,1-4H3,(H2,14,17). The van der Waals surface area contributed by atoms with E-state index in [-0.39, 0.29) is 28.8 Å². The molecule has 2 atom stereocenters. The highest BCUT2D eigenvalue weighted by Gasteiger charge is 2.30. The monoisotopic (exact) mass is 284 g/mol. The second-order valence-corrected chi connectivity index (χ2v) is 6.22. The molecule has 3 nitrogen and oxygen atoms in total. The van der Waals surface area contributed by atoms with Crippen LogP contribution in [-0.4, -0.2) is 22.8 Å². The summed E-state index contributed by atoms with van der Waals surface area (Å²) in [6.45, 7) is 5.94. The largest absolute Gasteiger partial charge is 0.393 e. The van der Waals surface area contributed by atoms with Gasteiger partial charge in [0, 0.05) is 11.9 Å². The van der Waals surface area contributed by atoms with Gasteiger partial charge in [-0.2, -0.15) is 0 Å². The molecule has 0 aliphatic carbocycles. The Hall–Kier alpha value is -0.940. The smallest absolute Gasteiger partial charge is 0.233 e. The lowest BCUT2D eigenvalue weighted by Gasteiger charge is -2.29. The van der Waals surface area contributed by atoms with Crippen LogP contribution in [0.4, 0.5) is 0 Å². The van der Waals surface area contributed by atoms with Crippen LogP contribution in [0.1, 0.15) is 31.7 Å². The minimum absolute atomic E-state index is 0.00148. The predicted octanol–water partition coefficient (Wildman–Crippen LogP) is 2.83. The summed E-state index contributed by atoms with van der Waals surface area (Å²) in [6, 6.07) is 4.07. The average Bonchev–Trinajstić information content (AvgIpc) is 2.79. The molecule has 1 rings (SSSR count). The number of hydrogen-bond acceptors (Lipinski definition) is 3. The van der Waals surface area contributed by atoms with Crippen LogP contribution in [0.5, 0.6) is 0 Å². The van der Waals surface area contributed by atoms with E-state index in [4.69, 9.17) is 18.0 Å². The Labute approximate surface area is 118 Å². The van der Waals surface area contributed by atoms with Crippen molar-refractivity contribution in [1.82, 2.24) is 4.90 Å². The quantitative estimate of drug-likeness (QED) is 0.846. The molecule has 0 aliphatic rings. The zero-order valence-corrected chi connectivity index (χ0v) is 12.8. The van der Waals surface area contributed by atoms with Crippen LogP contribution in [0, 0.1) is 11.8 Å². The van der Waals surface area contributed by atoms with Crippen LogP contribution < -0.4 is 5.73 Å². The van der Waals surface area contributed by atoms with E-state index in [0.717, 1.165) is 4.88 Å². The van der Waals surface area contributed by atoms with Gasteiger partial charge in [-0.15, -0.1) is 11.3 Å². The molecule has 1 amide bonds. The Bertz CT molecular complexity index is 415. The number of carbonyl (C=O) groups excluding carboxylic acids is 1. The van der Waals surface area contributed by atoms with Gasteiger partial charge < -0.3 is 10.6 Å². The number of thiocarbonyl (C=S) groups is 1. The van der Waals surface area contributed by atoms with Crippen LogP contribution >= 0.6 is 23.6 Å². The number of carbonyl (C=O) groups is 1. The van der Waals surface area contributed by atoms with Crippen molar-refractivity contribution in [2.45, 2.75) is 26.8 Å². The van der Waals surface area contributed by atoms with Crippen LogP contribution in [0.2, 0.25) is 0 Å². The van der Waals surface area contributed by atoms with Crippen molar-refractivity contribution in [1.29, 1.82) is 0 Å². The normalized spacial score (nSPS) is 14.3. The molecule has 2 unspecified atom stereocenters. The molecule has 0 spiro atoms. The molecule has 2 N–H and O–H groups in total. The van der Waals surface area contributed by atoms with Gasteiger partial charge in [-0.3, -0.25) is 4.79 Å². The molecule has 0 bridgehead atoms. The van der Waals surface area contributed by atoms with E-state index < -0.39 is 0 Å². The van der Waals surface area contributed by atoms with E-state index in [1.807, 2.05) is 38.3 Å². The zero-order chi connectivity index (χ0) is 13.9. The van der Waals surface area contributed by atoms with Crippen LogP contribution in [0.3, 0.4) is 0 Å². The maximum atomic E-state index is 12.4. The van der Waals surface area contributed by atoms with Crippen LogP contribution in [0.15, 0.2) is 17.5 Å². The third kappa shape index (κ3) is 3.29. The van der Waals surface area contributed by atoms with Crippen molar-refractivity contribution in [3.05, 3.63) is 22.4 Å². The van der Waals surface area contributed by atoms with Gasteiger partial charge in [0.05, 0.1) is 16.9 Å². The highest BCUT2D eigenvalue weighted by atomic mass is 32.1. The summed E-state index contributed by atoms with van der Waals surface area (Å²) in [5, 5.41) is 2.01. The SMILES string of the molecule is CC(C)C(C(=O)N(C)C(C)c1cccs1)C(N)=S. The topological polar surface area (TPSA) is 46.3 Å². The number of rotatable bonds is 5. The van der Waals surface area contributed by atoms with Gasteiger partial charge in [-0.1, -0.05) is 32.1 Å². The van der Waals surface area contributed by atoms with Gasteiger partial charge in [-0.25, -0.2) is 0 Å².